The van der Waals surface area contributed by atoms with E-state index in [9.17, 15) is 5.11 Å². The van der Waals surface area contributed by atoms with Gasteiger partial charge < -0.3 is 9.84 Å². The van der Waals surface area contributed by atoms with Crippen LogP contribution < -0.4 is 4.74 Å². The predicted molar refractivity (Wildman–Crippen MR) is 52.8 cm³/mol. The van der Waals surface area contributed by atoms with Gasteiger partial charge in [0, 0.05) is 5.56 Å². The number of ether oxygens (including phenoxy) is 1. The molecule has 1 N–H and O–H groups in total. The molecule has 0 radical (unpaired) electrons. The fourth-order valence-electron chi connectivity index (χ4n) is 1.10. The molecule has 0 bridgehead atoms. The molecule has 1 rings (SSSR count). The minimum Gasteiger partial charge on any atom is -0.508 e. The van der Waals surface area contributed by atoms with Gasteiger partial charge in [-0.2, -0.15) is 0 Å². The first kappa shape index (κ1) is 9.39. The van der Waals surface area contributed by atoms with Gasteiger partial charge in [-0.1, -0.05) is 18.7 Å². The number of rotatable bonds is 4. The van der Waals surface area contributed by atoms with Gasteiger partial charge in [-0.25, -0.2) is 0 Å². The minimum atomic E-state index is 0.222. The van der Waals surface area contributed by atoms with E-state index in [1.807, 2.05) is 0 Å². The largest absolute Gasteiger partial charge is 0.508 e. The summed E-state index contributed by atoms with van der Waals surface area (Å²) in [6.07, 6.45) is 3.63. The van der Waals surface area contributed by atoms with E-state index in [0.29, 0.717) is 12.2 Å². The van der Waals surface area contributed by atoms with Gasteiger partial charge in [0.05, 0.1) is 6.26 Å². The second-order valence-electron chi connectivity index (χ2n) is 2.53. The van der Waals surface area contributed by atoms with Crippen LogP contribution >= 0.6 is 0 Å². The zero-order valence-electron chi connectivity index (χ0n) is 7.36. The first-order valence-corrected chi connectivity index (χ1v) is 3.99. The number of phenolic OH excluding ortho intramolecular Hbond substituents is 1. The fourth-order valence-corrected chi connectivity index (χ4v) is 1.10. The molecule has 0 fully saturated rings. The summed E-state index contributed by atoms with van der Waals surface area (Å²) in [5.41, 5.74) is 0.734. The van der Waals surface area contributed by atoms with Gasteiger partial charge in [-0.3, -0.25) is 0 Å². The van der Waals surface area contributed by atoms with Gasteiger partial charge in [-0.15, -0.1) is 6.58 Å². The van der Waals surface area contributed by atoms with E-state index in [-0.39, 0.29) is 5.75 Å². The summed E-state index contributed by atoms with van der Waals surface area (Å²) in [7, 11) is 0. The van der Waals surface area contributed by atoms with Crippen molar-refractivity contribution in [1.82, 2.24) is 0 Å². The van der Waals surface area contributed by atoms with Gasteiger partial charge in [0.2, 0.25) is 0 Å². The number of aromatic hydroxyl groups is 1. The van der Waals surface area contributed by atoms with Crippen LogP contribution in [-0.4, -0.2) is 5.11 Å². The third kappa shape index (κ3) is 2.12. The highest BCUT2D eigenvalue weighted by Crippen LogP contribution is 2.28. The molecule has 0 amide bonds. The third-order valence-corrected chi connectivity index (χ3v) is 1.67. The van der Waals surface area contributed by atoms with Crippen molar-refractivity contribution in [2.75, 3.05) is 0 Å². The van der Waals surface area contributed by atoms with E-state index in [0.717, 1.165) is 5.56 Å². The van der Waals surface area contributed by atoms with E-state index in [4.69, 9.17) is 4.74 Å². The topological polar surface area (TPSA) is 29.5 Å². The van der Waals surface area contributed by atoms with Crippen molar-refractivity contribution in [3.8, 4) is 11.5 Å². The van der Waals surface area contributed by atoms with Crippen molar-refractivity contribution < 1.29 is 9.84 Å². The van der Waals surface area contributed by atoms with Crippen LogP contribution in [0.15, 0.2) is 43.7 Å². The lowest BCUT2D eigenvalue weighted by Crippen LogP contribution is -1.89. The van der Waals surface area contributed by atoms with Crippen LogP contribution in [0.5, 0.6) is 11.5 Å². The molecule has 2 nitrogen and oxygen atoms in total. The molecular weight excluding hydrogens is 164 g/mol. The summed E-state index contributed by atoms with van der Waals surface area (Å²) in [4.78, 5) is 0. The zero-order chi connectivity index (χ0) is 9.68. The molecule has 0 aliphatic rings. The van der Waals surface area contributed by atoms with Gasteiger partial charge in [-0.05, 0) is 18.6 Å². The van der Waals surface area contributed by atoms with Gasteiger partial charge in [0.15, 0.2) is 0 Å². The number of benzene rings is 1. The molecule has 0 aliphatic heterocycles. The van der Waals surface area contributed by atoms with Crippen LogP contribution in [0.3, 0.4) is 0 Å². The Hall–Kier alpha value is -1.70. The normalized spacial score (nSPS) is 9.23. The van der Waals surface area contributed by atoms with Crippen molar-refractivity contribution >= 4 is 0 Å². The van der Waals surface area contributed by atoms with E-state index in [2.05, 4.69) is 13.2 Å². The van der Waals surface area contributed by atoms with Crippen molar-refractivity contribution in [3.05, 3.63) is 49.3 Å². The Morgan fingerprint density at radius 1 is 1.38 bits per heavy atom. The van der Waals surface area contributed by atoms with Crippen molar-refractivity contribution in [2.24, 2.45) is 0 Å². The highest BCUT2D eigenvalue weighted by Gasteiger charge is 2.05. The Morgan fingerprint density at radius 2 is 2.15 bits per heavy atom. The highest BCUT2D eigenvalue weighted by molar-refractivity contribution is 5.45. The lowest BCUT2D eigenvalue weighted by molar-refractivity contribution is 0.446. The molecule has 68 valence electrons. The van der Waals surface area contributed by atoms with Crippen LogP contribution in [0.2, 0.25) is 0 Å². The average molecular weight is 176 g/mol. The SMILES string of the molecule is C=CCc1c(O)cccc1OC=C. The summed E-state index contributed by atoms with van der Waals surface area (Å²) in [6, 6.07) is 5.12. The van der Waals surface area contributed by atoms with Gasteiger partial charge >= 0.3 is 0 Å². The van der Waals surface area contributed by atoms with Crippen molar-refractivity contribution in [1.29, 1.82) is 0 Å². The number of allylic oxidation sites excluding steroid dienone is 1. The maximum absolute atomic E-state index is 9.49. The molecule has 0 saturated carbocycles. The molecule has 1 aromatic carbocycles. The zero-order valence-corrected chi connectivity index (χ0v) is 7.36. The smallest absolute Gasteiger partial charge is 0.133 e. The third-order valence-electron chi connectivity index (χ3n) is 1.67. The summed E-state index contributed by atoms with van der Waals surface area (Å²) in [5.74, 6) is 0.842. The van der Waals surface area contributed by atoms with Crippen molar-refractivity contribution in [3.63, 3.8) is 0 Å². The van der Waals surface area contributed by atoms with Gasteiger partial charge in [0.1, 0.15) is 11.5 Å². The molecule has 0 spiro atoms. The summed E-state index contributed by atoms with van der Waals surface area (Å²) < 4.78 is 5.13. The van der Waals surface area contributed by atoms with E-state index in [1.54, 1.807) is 24.3 Å². The molecule has 2 heteroatoms. The van der Waals surface area contributed by atoms with Crippen molar-refractivity contribution in [2.45, 2.75) is 6.42 Å². The van der Waals surface area contributed by atoms with E-state index < -0.39 is 0 Å². The van der Waals surface area contributed by atoms with Gasteiger partial charge in [0.25, 0.3) is 0 Å². The molecule has 1 aromatic rings. The molecule has 0 atom stereocenters. The Labute approximate surface area is 77.8 Å². The van der Waals surface area contributed by atoms with Crippen LogP contribution in [0.1, 0.15) is 5.56 Å². The monoisotopic (exact) mass is 176 g/mol. The second-order valence-corrected chi connectivity index (χ2v) is 2.53. The minimum absolute atomic E-state index is 0.222. The lowest BCUT2D eigenvalue weighted by Gasteiger charge is -2.07. The molecule has 0 saturated heterocycles. The van der Waals surface area contributed by atoms with Crippen LogP contribution in [0.4, 0.5) is 0 Å². The highest BCUT2D eigenvalue weighted by atomic mass is 16.5. The molecule has 0 heterocycles. The van der Waals surface area contributed by atoms with Crippen LogP contribution in [0, 0.1) is 0 Å². The molecular formula is C11H12O2. The molecule has 0 aromatic heterocycles. The maximum atomic E-state index is 9.49. The standard InChI is InChI=1S/C11H12O2/c1-3-6-9-10(12)7-5-8-11(9)13-4-2/h3-5,7-8,12H,1-2,6H2. The lowest BCUT2D eigenvalue weighted by atomic mass is 10.1. The summed E-state index contributed by atoms with van der Waals surface area (Å²) in [5, 5.41) is 9.49. The molecule has 0 unspecified atom stereocenters. The Kier molecular flexibility index (Phi) is 3.15. The number of phenols is 1. The molecule has 13 heavy (non-hydrogen) atoms. The first-order valence-electron chi connectivity index (χ1n) is 3.99. The van der Waals surface area contributed by atoms with E-state index >= 15 is 0 Å². The van der Waals surface area contributed by atoms with Crippen LogP contribution in [-0.2, 0) is 6.42 Å². The predicted octanol–water partition coefficient (Wildman–Crippen LogP) is 2.64. The number of hydrogen-bond donors (Lipinski definition) is 1. The quantitative estimate of drug-likeness (QED) is 0.564. The Balaban J connectivity index is 3.08. The second kappa shape index (κ2) is 4.36. The Bertz CT molecular complexity index is 316. The fraction of sp³-hybridized carbons (Fsp3) is 0.0909. The summed E-state index contributed by atoms with van der Waals surface area (Å²) >= 11 is 0. The van der Waals surface area contributed by atoms with E-state index in [1.165, 1.54) is 6.26 Å². The number of hydrogen-bond acceptors (Lipinski definition) is 2. The average Bonchev–Trinajstić information content (AvgIpc) is 2.11. The Morgan fingerprint density at radius 3 is 2.77 bits per heavy atom. The summed E-state index contributed by atoms with van der Waals surface area (Å²) in [6.45, 7) is 7.06. The first-order chi connectivity index (χ1) is 6.29. The molecule has 0 aliphatic carbocycles. The van der Waals surface area contributed by atoms with Crippen LogP contribution in [0.25, 0.3) is 0 Å². The maximum Gasteiger partial charge on any atom is 0.133 e.